The van der Waals surface area contributed by atoms with Gasteiger partial charge in [-0.2, -0.15) is 5.10 Å². The molecule has 2 aliphatic rings. The van der Waals surface area contributed by atoms with E-state index in [1.807, 2.05) is 27.0 Å². The fourth-order valence-corrected chi connectivity index (χ4v) is 3.87. The highest BCUT2D eigenvalue weighted by Gasteiger charge is 2.70. The molecule has 3 N–H and O–H groups in total. The van der Waals surface area contributed by atoms with E-state index in [1.54, 1.807) is 10.9 Å². The summed E-state index contributed by atoms with van der Waals surface area (Å²) < 4.78 is 7.61. The second-order valence-corrected chi connectivity index (χ2v) is 6.67. The van der Waals surface area contributed by atoms with E-state index in [2.05, 4.69) is 10.4 Å². The summed E-state index contributed by atoms with van der Waals surface area (Å²) in [5.41, 5.74) is 6.00. The van der Waals surface area contributed by atoms with Gasteiger partial charge in [0.25, 0.3) is 0 Å². The van der Waals surface area contributed by atoms with E-state index in [1.165, 1.54) is 0 Å². The van der Waals surface area contributed by atoms with Crippen LogP contribution < -0.4 is 11.1 Å². The highest BCUT2D eigenvalue weighted by molar-refractivity contribution is 6.00. The molecule has 7 heteroatoms. The van der Waals surface area contributed by atoms with Gasteiger partial charge in [0.05, 0.1) is 18.0 Å². The molecule has 0 radical (unpaired) electrons. The van der Waals surface area contributed by atoms with Crippen molar-refractivity contribution >= 4 is 24.0 Å². The van der Waals surface area contributed by atoms with Crippen molar-refractivity contribution in [3.8, 4) is 0 Å². The minimum Gasteiger partial charge on any atom is -0.377 e. The van der Waals surface area contributed by atoms with E-state index in [4.69, 9.17) is 10.5 Å². The summed E-state index contributed by atoms with van der Waals surface area (Å²) in [5, 5.41) is 7.09. The minimum atomic E-state index is -0.883. The Morgan fingerprint density at radius 2 is 2.32 bits per heavy atom. The minimum absolute atomic E-state index is 0. The molecular weight excluding hydrogens is 304 g/mol. The second kappa shape index (κ2) is 5.83. The number of carbonyl (C=O) groups is 1. The van der Waals surface area contributed by atoms with Crippen LogP contribution in [-0.2, 0) is 16.1 Å². The lowest BCUT2D eigenvalue weighted by molar-refractivity contribution is -0.222. The summed E-state index contributed by atoms with van der Waals surface area (Å²) in [6, 6.07) is 0. The highest BCUT2D eigenvalue weighted by Crippen LogP contribution is 2.57. The number of anilines is 1. The van der Waals surface area contributed by atoms with Gasteiger partial charge >= 0.3 is 0 Å². The van der Waals surface area contributed by atoms with Gasteiger partial charge in [-0.15, -0.1) is 12.4 Å². The van der Waals surface area contributed by atoms with Gasteiger partial charge in [0, 0.05) is 30.7 Å². The summed E-state index contributed by atoms with van der Waals surface area (Å²) >= 11 is 0. The Kier molecular flexibility index (Phi) is 4.57. The number of nitrogens with one attached hydrogen (secondary N) is 1. The van der Waals surface area contributed by atoms with E-state index in [0.717, 1.165) is 26.0 Å². The number of rotatable bonds is 3. The predicted octanol–water partition coefficient (Wildman–Crippen LogP) is 1.80. The molecule has 0 aromatic carbocycles. The summed E-state index contributed by atoms with van der Waals surface area (Å²) in [6.07, 6.45) is 5.48. The molecule has 1 amide bonds. The van der Waals surface area contributed by atoms with Gasteiger partial charge in [-0.1, -0.05) is 13.8 Å². The van der Waals surface area contributed by atoms with Crippen LogP contribution in [0.4, 0.5) is 5.69 Å². The number of carbonyl (C=O) groups excluding carboxylic acids is 1. The molecular formula is C15H25ClN4O2. The monoisotopic (exact) mass is 328 g/mol. The van der Waals surface area contributed by atoms with E-state index >= 15 is 0 Å². The lowest BCUT2D eigenvalue weighted by atomic mass is 9.46. The van der Waals surface area contributed by atoms with Crippen LogP contribution in [0.1, 0.15) is 33.6 Å². The molecule has 1 aromatic heterocycles. The topological polar surface area (TPSA) is 82.2 Å². The third-order valence-corrected chi connectivity index (χ3v) is 5.28. The van der Waals surface area contributed by atoms with Crippen LogP contribution >= 0.6 is 12.4 Å². The van der Waals surface area contributed by atoms with Gasteiger partial charge in [0.15, 0.2) is 0 Å². The SMILES string of the molecule is CCn1cc(NC(=O)C2(N)C3CCCOC3C2(C)C)cn1.Cl. The van der Waals surface area contributed by atoms with Gasteiger partial charge in [-0.05, 0) is 19.8 Å². The first-order valence-electron chi connectivity index (χ1n) is 7.65. The molecule has 6 nitrogen and oxygen atoms in total. The Balaban J connectivity index is 0.00000176. The van der Waals surface area contributed by atoms with Crippen LogP contribution in [0.25, 0.3) is 0 Å². The molecule has 22 heavy (non-hydrogen) atoms. The first-order valence-corrected chi connectivity index (χ1v) is 7.65. The number of ether oxygens (including phenoxy) is 1. The van der Waals surface area contributed by atoms with Crippen LogP contribution in [0.5, 0.6) is 0 Å². The van der Waals surface area contributed by atoms with Crippen molar-refractivity contribution in [2.45, 2.75) is 51.8 Å². The van der Waals surface area contributed by atoms with Crippen LogP contribution in [0.3, 0.4) is 0 Å². The molecule has 124 valence electrons. The molecule has 2 heterocycles. The average molecular weight is 329 g/mol. The third-order valence-electron chi connectivity index (χ3n) is 5.28. The van der Waals surface area contributed by atoms with Crippen LogP contribution in [-0.4, -0.2) is 33.9 Å². The molecule has 1 saturated carbocycles. The van der Waals surface area contributed by atoms with E-state index < -0.39 is 5.54 Å². The zero-order chi connectivity index (χ0) is 15.3. The maximum atomic E-state index is 12.8. The maximum absolute atomic E-state index is 12.8. The Labute approximate surface area is 137 Å². The molecule has 1 aliphatic heterocycles. The zero-order valence-electron chi connectivity index (χ0n) is 13.3. The van der Waals surface area contributed by atoms with E-state index in [9.17, 15) is 4.79 Å². The third kappa shape index (κ3) is 2.25. The van der Waals surface area contributed by atoms with Gasteiger partial charge in [0.2, 0.25) is 5.91 Å². The van der Waals surface area contributed by atoms with Crippen LogP contribution in [0.15, 0.2) is 12.4 Å². The Bertz CT molecular complexity index is 559. The molecule has 0 spiro atoms. The number of aromatic nitrogens is 2. The second-order valence-electron chi connectivity index (χ2n) is 6.67. The van der Waals surface area contributed by atoms with Gasteiger partial charge < -0.3 is 15.8 Å². The van der Waals surface area contributed by atoms with Crippen molar-refractivity contribution in [2.75, 3.05) is 11.9 Å². The molecule has 3 rings (SSSR count). The van der Waals surface area contributed by atoms with Crippen LogP contribution in [0.2, 0.25) is 0 Å². The van der Waals surface area contributed by atoms with Crippen LogP contribution in [0, 0.1) is 11.3 Å². The summed E-state index contributed by atoms with van der Waals surface area (Å²) in [6.45, 7) is 7.59. The van der Waals surface area contributed by atoms with Gasteiger partial charge in [0.1, 0.15) is 5.54 Å². The highest BCUT2D eigenvalue weighted by atomic mass is 35.5. The number of fused-ring (bicyclic) bond motifs is 1. The summed E-state index contributed by atoms with van der Waals surface area (Å²) in [5.74, 6) is -0.0302. The lowest BCUT2D eigenvalue weighted by Crippen LogP contribution is -2.81. The molecule has 1 aromatic rings. The molecule has 3 unspecified atom stereocenters. The maximum Gasteiger partial charge on any atom is 0.245 e. The normalized spacial score (nSPS) is 32.4. The standard InChI is InChI=1S/C15H24N4O2.ClH/c1-4-19-9-10(8-17-19)18-13(20)15(16)11-6-5-7-21-12(11)14(15,2)3;/h8-9,11-12H,4-7,16H2,1-3H3,(H,18,20);1H. The predicted molar refractivity (Wildman–Crippen MR) is 86.9 cm³/mol. The van der Waals surface area contributed by atoms with E-state index in [0.29, 0.717) is 5.69 Å². The number of hydrogen-bond acceptors (Lipinski definition) is 4. The van der Waals surface area contributed by atoms with Crippen molar-refractivity contribution in [2.24, 2.45) is 17.1 Å². The smallest absolute Gasteiger partial charge is 0.245 e. The largest absolute Gasteiger partial charge is 0.377 e. The number of hydrogen-bond donors (Lipinski definition) is 2. The van der Waals surface area contributed by atoms with Crippen molar-refractivity contribution in [1.82, 2.24) is 9.78 Å². The number of aryl methyl sites for hydroxylation is 1. The lowest BCUT2D eigenvalue weighted by Gasteiger charge is -2.65. The van der Waals surface area contributed by atoms with Crippen molar-refractivity contribution in [3.63, 3.8) is 0 Å². The molecule has 3 atom stereocenters. The number of nitrogens with zero attached hydrogens (tertiary/aromatic N) is 2. The molecule has 2 fully saturated rings. The number of halogens is 1. The van der Waals surface area contributed by atoms with Gasteiger partial charge in [-0.3, -0.25) is 9.48 Å². The quantitative estimate of drug-likeness (QED) is 0.886. The number of nitrogens with two attached hydrogens (primary N) is 1. The summed E-state index contributed by atoms with van der Waals surface area (Å²) in [7, 11) is 0. The first-order chi connectivity index (χ1) is 9.91. The zero-order valence-corrected chi connectivity index (χ0v) is 14.2. The van der Waals surface area contributed by atoms with Crippen molar-refractivity contribution in [3.05, 3.63) is 12.4 Å². The fraction of sp³-hybridized carbons (Fsp3) is 0.733. The summed E-state index contributed by atoms with van der Waals surface area (Å²) in [4.78, 5) is 12.8. The van der Waals surface area contributed by atoms with E-state index in [-0.39, 0.29) is 35.8 Å². The van der Waals surface area contributed by atoms with Gasteiger partial charge in [-0.25, -0.2) is 0 Å². The van der Waals surface area contributed by atoms with Crippen molar-refractivity contribution in [1.29, 1.82) is 0 Å². The Morgan fingerprint density at radius 3 is 2.95 bits per heavy atom. The average Bonchev–Trinajstić information content (AvgIpc) is 2.93. The first kappa shape index (κ1) is 17.2. The Hall–Kier alpha value is -1.11. The molecule has 1 aliphatic carbocycles. The molecule has 0 bridgehead atoms. The number of amides is 1. The van der Waals surface area contributed by atoms with Crippen molar-refractivity contribution < 1.29 is 9.53 Å². The Morgan fingerprint density at radius 1 is 1.59 bits per heavy atom. The molecule has 1 saturated heterocycles. The fourth-order valence-electron chi connectivity index (χ4n) is 3.87.